The second-order valence-corrected chi connectivity index (χ2v) is 8.75. The predicted molar refractivity (Wildman–Crippen MR) is 121 cm³/mol. The van der Waals surface area contributed by atoms with Crippen molar-refractivity contribution in [2.45, 2.75) is 37.2 Å². The van der Waals surface area contributed by atoms with E-state index in [-0.39, 0.29) is 0 Å². The lowest BCUT2D eigenvalue weighted by molar-refractivity contribution is -0.0285. The van der Waals surface area contributed by atoms with Gasteiger partial charge in [0.05, 0.1) is 17.2 Å². The maximum Gasteiger partial charge on any atom is 0.171 e. The lowest BCUT2D eigenvalue weighted by Gasteiger charge is -2.17. The van der Waals surface area contributed by atoms with Crippen LogP contribution >= 0.6 is 11.8 Å². The van der Waals surface area contributed by atoms with Gasteiger partial charge in [0.1, 0.15) is 30.0 Å². The van der Waals surface area contributed by atoms with Crippen LogP contribution in [0.25, 0.3) is 22.4 Å². The molecule has 0 radical (unpaired) electrons. The number of rotatable bonds is 6. The van der Waals surface area contributed by atoms with E-state index in [1.807, 2.05) is 37.3 Å². The minimum absolute atomic E-state index is 0.354. The van der Waals surface area contributed by atoms with Crippen molar-refractivity contribution in [1.82, 2.24) is 19.7 Å². The Morgan fingerprint density at radius 1 is 1.12 bits per heavy atom. The molecule has 5 rings (SSSR count). The van der Waals surface area contributed by atoms with E-state index >= 15 is 0 Å². The first-order chi connectivity index (χ1) is 15.5. The SMILES string of the molecule is Cc1noc(-c2ccccc2)c1CSC[C@H]1O[C@@H](n2ccc3c(N)ncnc32)[C@H](O)[C@@H]1O. The molecule has 3 aromatic heterocycles. The number of fused-ring (bicyclic) bond motifs is 1. The number of aliphatic hydroxyl groups excluding tert-OH is 2. The summed E-state index contributed by atoms with van der Waals surface area (Å²) in [5.74, 6) is 2.23. The summed E-state index contributed by atoms with van der Waals surface area (Å²) in [5.41, 5.74) is 9.26. The van der Waals surface area contributed by atoms with E-state index in [1.54, 1.807) is 28.6 Å². The van der Waals surface area contributed by atoms with E-state index in [0.29, 0.717) is 28.4 Å². The van der Waals surface area contributed by atoms with Gasteiger partial charge in [0.2, 0.25) is 0 Å². The third-order valence-electron chi connectivity index (χ3n) is 5.70. The second-order valence-electron chi connectivity index (χ2n) is 7.72. The number of anilines is 1. The van der Waals surface area contributed by atoms with Gasteiger partial charge in [-0.15, -0.1) is 0 Å². The molecule has 4 aromatic rings. The lowest BCUT2D eigenvalue weighted by atomic mass is 10.1. The molecule has 166 valence electrons. The van der Waals surface area contributed by atoms with Crippen LogP contribution in [0.2, 0.25) is 0 Å². The number of benzene rings is 1. The highest BCUT2D eigenvalue weighted by molar-refractivity contribution is 7.98. The van der Waals surface area contributed by atoms with Crippen LogP contribution in [0.4, 0.5) is 5.82 Å². The zero-order valence-corrected chi connectivity index (χ0v) is 18.1. The molecule has 0 amide bonds. The first kappa shape index (κ1) is 21.0. The van der Waals surface area contributed by atoms with Gasteiger partial charge >= 0.3 is 0 Å². The van der Waals surface area contributed by atoms with E-state index in [1.165, 1.54) is 6.33 Å². The summed E-state index contributed by atoms with van der Waals surface area (Å²) < 4.78 is 13.3. The summed E-state index contributed by atoms with van der Waals surface area (Å²) in [5, 5.41) is 26.0. The first-order valence-corrected chi connectivity index (χ1v) is 11.4. The monoisotopic (exact) mass is 453 g/mol. The minimum Gasteiger partial charge on any atom is -0.387 e. The summed E-state index contributed by atoms with van der Waals surface area (Å²) in [6, 6.07) is 11.6. The molecule has 1 aromatic carbocycles. The number of nitrogens with two attached hydrogens (primary N) is 1. The van der Waals surface area contributed by atoms with E-state index in [4.69, 9.17) is 15.0 Å². The first-order valence-electron chi connectivity index (χ1n) is 10.2. The average Bonchev–Trinajstić information content (AvgIpc) is 3.47. The summed E-state index contributed by atoms with van der Waals surface area (Å²) in [7, 11) is 0. The Balaban J connectivity index is 1.28. The molecule has 9 nitrogen and oxygen atoms in total. The van der Waals surface area contributed by atoms with Gasteiger partial charge in [-0.05, 0) is 13.0 Å². The number of aryl methyl sites for hydroxylation is 1. The number of nitrogens with zero attached hydrogens (tertiary/aromatic N) is 4. The molecule has 4 heterocycles. The molecule has 1 saturated heterocycles. The largest absolute Gasteiger partial charge is 0.387 e. The summed E-state index contributed by atoms with van der Waals surface area (Å²) in [4.78, 5) is 8.23. The van der Waals surface area contributed by atoms with Crippen molar-refractivity contribution in [2.75, 3.05) is 11.5 Å². The van der Waals surface area contributed by atoms with Gasteiger partial charge in [-0.1, -0.05) is 35.5 Å². The van der Waals surface area contributed by atoms with Crippen LogP contribution in [-0.2, 0) is 10.5 Å². The van der Waals surface area contributed by atoms with Crippen LogP contribution in [-0.4, -0.2) is 54.0 Å². The average molecular weight is 454 g/mol. The van der Waals surface area contributed by atoms with Crippen molar-refractivity contribution in [3.63, 3.8) is 0 Å². The Morgan fingerprint density at radius 2 is 1.94 bits per heavy atom. The van der Waals surface area contributed by atoms with E-state index < -0.39 is 24.5 Å². The number of hydrogen-bond donors (Lipinski definition) is 3. The molecule has 0 spiro atoms. The molecule has 1 fully saturated rings. The standard InChI is InChI=1S/C22H23N5O4S/c1-12-15(19(31-26-12)13-5-3-2-4-6-13)9-32-10-16-17(28)18(29)22(30-16)27-8-7-14-20(23)24-11-25-21(14)27/h2-8,11,16-18,22,28-29H,9-10H2,1H3,(H2,23,24,25)/t16-,17-,18-,22-/m1/s1. The van der Waals surface area contributed by atoms with Gasteiger partial charge in [0.25, 0.3) is 0 Å². The van der Waals surface area contributed by atoms with E-state index in [9.17, 15) is 10.2 Å². The molecule has 4 N–H and O–H groups in total. The van der Waals surface area contributed by atoms with Gasteiger partial charge < -0.3 is 29.8 Å². The fourth-order valence-corrected chi connectivity index (χ4v) is 5.11. The van der Waals surface area contributed by atoms with Gasteiger partial charge in [0.15, 0.2) is 12.0 Å². The maximum absolute atomic E-state index is 10.6. The van der Waals surface area contributed by atoms with Crippen LogP contribution in [0.5, 0.6) is 0 Å². The van der Waals surface area contributed by atoms with Gasteiger partial charge in [-0.3, -0.25) is 0 Å². The van der Waals surface area contributed by atoms with Crippen molar-refractivity contribution in [3.8, 4) is 11.3 Å². The molecule has 10 heteroatoms. The molecule has 0 saturated carbocycles. The van der Waals surface area contributed by atoms with Crippen molar-refractivity contribution in [3.05, 3.63) is 60.2 Å². The van der Waals surface area contributed by atoms with Gasteiger partial charge in [-0.2, -0.15) is 11.8 Å². The normalized spacial score (nSPS) is 23.2. The Bertz CT molecular complexity index is 1230. The zero-order valence-electron chi connectivity index (χ0n) is 17.3. The van der Waals surface area contributed by atoms with Crippen molar-refractivity contribution in [1.29, 1.82) is 0 Å². The van der Waals surface area contributed by atoms with Crippen LogP contribution in [0, 0.1) is 6.92 Å². The highest BCUT2D eigenvalue weighted by Gasteiger charge is 2.44. The summed E-state index contributed by atoms with van der Waals surface area (Å²) in [6.45, 7) is 1.91. The number of hydrogen-bond acceptors (Lipinski definition) is 9. The van der Waals surface area contributed by atoms with E-state index in [2.05, 4.69) is 15.1 Å². The van der Waals surface area contributed by atoms with Crippen molar-refractivity contribution >= 4 is 28.6 Å². The molecule has 0 unspecified atom stereocenters. The van der Waals surface area contributed by atoms with E-state index in [0.717, 1.165) is 22.6 Å². The van der Waals surface area contributed by atoms with Crippen molar-refractivity contribution in [2.24, 2.45) is 0 Å². The third-order valence-corrected chi connectivity index (χ3v) is 6.76. The zero-order chi connectivity index (χ0) is 22.2. The van der Waals surface area contributed by atoms with Crippen LogP contribution in [0.15, 0.2) is 53.4 Å². The van der Waals surface area contributed by atoms with Crippen LogP contribution in [0.1, 0.15) is 17.5 Å². The highest BCUT2D eigenvalue weighted by Crippen LogP contribution is 2.35. The quantitative estimate of drug-likeness (QED) is 0.403. The molecule has 1 aliphatic rings. The third kappa shape index (κ3) is 3.65. The Labute approximate surface area is 188 Å². The maximum atomic E-state index is 10.6. The number of ether oxygens (including phenoxy) is 1. The summed E-state index contributed by atoms with van der Waals surface area (Å²) >= 11 is 1.59. The van der Waals surface area contributed by atoms with Crippen LogP contribution < -0.4 is 5.73 Å². The number of nitrogen functional groups attached to an aromatic ring is 1. The molecule has 32 heavy (non-hydrogen) atoms. The van der Waals surface area contributed by atoms with Gasteiger partial charge in [-0.25, -0.2) is 9.97 Å². The van der Waals surface area contributed by atoms with Gasteiger partial charge in [0, 0.05) is 28.8 Å². The fraction of sp³-hybridized carbons (Fsp3) is 0.318. The number of aromatic nitrogens is 4. The Kier molecular flexibility index (Phi) is 5.60. The van der Waals surface area contributed by atoms with Crippen molar-refractivity contribution < 1.29 is 19.5 Å². The highest BCUT2D eigenvalue weighted by atomic mass is 32.2. The second kappa shape index (κ2) is 8.55. The minimum atomic E-state index is -1.09. The number of thioether (sulfide) groups is 1. The molecule has 0 bridgehead atoms. The van der Waals surface area contributed by atoms with Crippen LogP contribution in [0.3, 0.4) is 0 Å². The Morgan fingerprint density at radius 3 is 2.75 bits per heavy atom. The topological polar surface area (TPSA) is 132 Å². The lowest BCUT2D eigenvalue weighted by Crippen LogP contribution is -2.32. The predicted octanol–water partition coefficient (Wildman–Crippen LogP) is 2.53. The molecule has 4 atom stereocenters. The smallest absolute Gasteiger partial charge is 0.171 e. The fourth-order valence-electron chi connectivity index (χ4n) is 3.94. The molecule has 0 aliphatic carbocycles. The Hall–Kier alpha value is -2.92. The molecular formula is C22H23N5O4S. The molecular weight excluding hydrogens is 430 g/mol. The molecule has 1 aliphatic heterocycles. The summed E-state index contributed by atoms with van der Waals surface area (Å²) in [6.07, 6.45) is -0.328. The number of aliphatic hydroxyl groups is 2.